The molecule has 2 aromatic rings. The minimum absolute atomic E-state index is 0.229. The third-order valence-electron chi connectivity index (χ3n) is 4.36. The SMILES string of the molecule is COC(C)n1nc(N2CCC(c3nc(C(C)C)no3)CC2)sc1=N. The molecule has 1 fully saturated rings. The minimum atomic E-state index is -0.229. The molecule has 0 aliphatic carbocycles. The highest BCUT2D eigenvalue weighted by atomic mass is 32.1. The van der Waals surface area contributed by atoms with Crippen molar-refractivity contribution >= 4 is 16.5 Å². The van der Waals surface area contributed by atoms with E-state index in [1.807, 2.05) is 6.92 Å². The quantitative estimate of drug-likeness (QED) is 0.888. The molecule has 0 aromatic carbocycles. The van der Waals surface area contributed by atoms with E-state index in [1.54, 1.807) is 11.8 Å². The van der Waals surface area contributed by atoms with Gasteiger partial charge >= 0.3 is 0 Å². The third kappa shape index (κ3) is 3.36. The van der Waals surface area contributed by atoms with Crippen LogP contribution in [0, 0.1) is 5.41 Å². The summed E-state index contributed by atoms with van der Waals surface area (Å²) in [5.74, 6) is 2.12. The second kappa shape index (κ2) is 7.02. The maximum absolute atomic E-state index is 8.04. The van der Waals surface area contributed by atoms with E-state index in [1.165, 1.54) is 11.3 Å². The monoisotopic (exact) mass is 352 g/mol. The van der Waals surface area contributed by atoms with Crippen molar-refractivity contribution in [3.05, 3.63) is 16.5 Å². The van der Waals surface area contributed by atoms with Crippen LogP contribution in [0.25, 0.3) is 0 Å². The Morgan fingerprint density at radius 3 is 2.58 bits per heavy atom. The molecular weight excluding hydrogens is 328 g/mol. The number of nitrogens with one attached hydrogen (secondary N) is 1. The Labute approximate surface area is 144 Å². The third-order valence-corrected chi connectivity index (χ3v) is 5.27. The van der Waals surface area contributed by atoms with E-state index in [0.717, 1.165) is 42.8 Å². The Morgan fingerprint density at radius 1 is 1.29 bits per heavy atom. The van der Waals surface area contributed by atoms with E-state index in [4.69, 9.17) is 14.7 Å². The van der Waals surface area contributed by atoms with Crippen molar-refractivity contribution in [2.24, 2.45) is 0 Å². The van der Waals surface area contributed by atoms with Crippen LogP contribution >= 0.6 is 11.3 Å². The van der Waals surface area contributed by atoms with Gasteiger partial charge in [-0.15, -0.1) is 5.10 Å². The largest absolute Gasteiger partial charge is 0.360 e. The zero-order chi connectivity index (χ0) is 17.3. The first-order chi connectivity index (χ1) is 11.5. The Hall–Kier alpha value is -1.74. The van der Waals surface area contributed by atoms with Gasteiger partial charge in [0.2, 0.25) is 15.8 Å². The Bertz CT molecular complexity index is 728. The van der Waals surface area contributed by atoms with E-state index in [9.17, 15) is 0 Å². The molecule has 0 radical (unpaired) electrons. The predicted molar refractivity (Wildman–Crippen MR) is 90.3 cm³/mol. The molecule has 3 rings (SSSR count). The van der Waals surface area contributed by atoms with Gasteiger partial charge in [-0.2, -0.15) is 4.98 Å². The van der Waals surface area contributed by atoms with E-state index < -0.39 is 0 Å². The highest BCUT2D eigenvalue weighted by Crippen LogP contribution is 2.30. The molecule has 1 aliphatic heterocycles. The molecule has 1 unspecified atom stereocenters. The molecule has 1 N–H and O–H groups in total. The normalized spacial score (nSPS) is 17.6. The molecule has 132 valence electrons. The summed E-state index contributed by atoms with van der Waals surface area (Å²) in [5.41, 5.74) is 0. The Kier molecular flexibility index (Phi) is 5.00. The lowest BCUT2D eigenvalue weighted by Gasteiger charge is -2.29. The van der Waals surface area contributed by atoms with Crippen molar-refractivity contribution < 1.29 is 9.26 Å². The van der Waals surface area contributed by atoms with Crippen LogP contribution in [-0.4, -0.2) is 40.1 Å². The molecule has 1 atom stereocenters. The maximum Gasteiger partial charge on any atom is 0.229 e. The average Bonchev–Trinajstić information content (AvgIpc) is 3.21. The zero-order valence-corrected chi connectivity index (χ0v) is 15.3. The number of piperidine rings is 1. The van der Waals surface area contributed by atoms with E-state index in [2.05, 4.69) is 34.0 Å². The lowest BCUT2D eigenvalue weighted by atomic mass is 9.97. The number of ether oxygens (including phenoxy) is 1. The summed E-state index contributed by atoms with van der Waals surface area (Å²) in [4.78, 5) is 7.15. The summed E-state index contributed by atoms with van der Waals surface area (Å²) in [5, 5.41) is 17.5. The molecule has 2 aromatic heterocycles. The van der Waals surface area contributed by atoms with Gasteiger partial charge in [-0.1, -0.05) is 30.3 Å². The van der Waals surface area contributed by atoms with Gasteiger partial charge in [-0.05, 0) is 19.8 Å². The number of aromatic nitrogens is 4. The van der Waals surface area contributed by atoms with Crippen LogP contribution in [0.1, 0.15) is 63.4 Å². The second-order valence-corrected chi connectivity index (χ2v) is 7.33. The van der Waals surface area contributed by atoms with Crippen LogP contribution < -0.4 is 9.70 Å². The molecule has 0 bridgehead atoms. The number of nitrogens with zero attached hydrogens (tertiary/aromatic N) is 5. The lowest BCUT2D eigenvalue weighted by Crippen LogP contribution is -2.33. The molecular formula is C15H24N6O2S. The van der Waals surface area contributed by atoms with Gasteiger partial charge in [-0.3, -0.25) is 5.41 Å². The van der Waals surface area contributed by atoms with Crippen molar-refractivity contribution in [3.63, 3.8) is 0 Å². The Morgan fingerprint density at radius 2 is 2.00 bits per heavy atom. The van der Waals surface area contributed by atoms with Gasteiger partial charge in [0.1, 0.15) is 6.23 Å². The van der Waals surface area contributed by atoms with Gasteiger partial charge in [-0.25, -0.2) is 4.68 Å². The first-order valence-corrected chi connectivity index (χ1v) is 9.06. The number of hydrogen-bond donors (Lipinski definition) is 1. The smallest absolute Gasteiger partial charge is 0.229 e. The van der Waals surface area contributed by atoms with Crippen molar-refractivity contribution in [2.75, 3.05) is 25.1 Å². The summed E-state index contributed by atoms with van der Waals surface area (Å²) in [7, 11) is 1.62. The van der Waals surface area contributed by atoms with Crippen molar-refractivity contribution in [1.82, 2.24) is 19.9 Å². The number of rotatable bonds is 5. The average molecular weight is 352 g/mol. The van der Waals surface area contributed by atoms with E-state index >= 15 is 0 Å². The molecule has 3 heterocycles. The molecule has 24 heavy (non-hydrogen) atoms. The van der Waals surface area contributed by atoms with Crippen LogP contribution in [0.5, 0.6) is 0 Å². The van der Waals surface area contributed by atoms with Crippen LogP contribution in [0.15, 0.2) is 4.52 Å². The van der Waals surface area contributed by atoms with Gasteiger partial charge in [0, 0.05) is 32.0 Å². The highest BCUT2D eigenvalue weighted by Gasteiger charge is 2.27. The van der Waals surface area contributed by atoms with E-state index in [-0.39, 0.29) is 12.1 Å². The maximum atomic E-state index is 8.04. The summed E-state index contributed by atoms with van der Waals surface area (Å²) < 4.78 is 12.3. The molecule has 1 aliphatic rings. The fourth-order valence-corrected chi connectivity index (χ4v) is 3.63. The molecule has 0 saturated carbocycles. The first kappa shape index (κ1) is 17.1. The van der Waals surface area contributed by atoms with Gasteiger partial charge < -0.3 is 14.2 Å². The summed E-state index contributed by atoms with van der Waals surface area (Å²) in [6, 6.07) is 0. The van der Waals surface area contributed by atoms with Crippen molar-refractivity contribution in [2.45, 2.75) is 51.7 Å². The standard InChI is InChI=1S/C15H24N6O2S/c1-9(2)12-17-13(23-19-12)11-5-7-20(8-6-11)15-18-21(10(3)22-4)14(16)24-15/h9-11,16H,5-8H2,1-4H3. The molecule has 0 amide bonds. The molecule has 0 spiro atoms. The van der Waals surface area contributed by atoms with Crippen molar-refractivity contribution in [1.29, 1.82) is 5.41 Å². The minimum Gasteiger partial charge on any atom is -0.360 e. The molecule has 8 nitrogen and oxygen atoms in total. The predicted octanol–water partition coefficient (Wildman–Crippen LogP) is 2.48. The van der Waals surface area contributed by atoms with Crippen LogP contribution in [-0.2, 0) is 4.74 Å². The van der Waals surface area contributed by atoms with Crippen LogP contribution in [0.2, 0.25) is 0 Å². The summed E-state index contributed by atoms with van der Waals surface area (Å²) in [6.45, 7) is 7.76. The molecule has 9 heteroatoms. The lowest BCUT2D eigenvalue weighted by molar-refractivity contribution is 0.0469. The van der Waals surface area contributed by atoms with Gasteiger partial charge in [0.15, 0.2) is 5.82 Å². The van der Waals surface area contributed by atoms with Gasteiger partial charge in [0.25, 0.3) is 0 Å². The molecule has 1 saturated heterocycles. The number of hydrogen-bond acceptors (Lipinski definition) is 8. The highest BCUT2D eigenvalue weighted by molar-refractivity contribution is 7.12. The first-order valence-electron chi connectivity index (χ1n) is 8.25. The fraction of sp³-hybridized carbons (Fsp3) is 0.733. The van der Waals surface area contributed by atoms with Crippen LogP contribution in [0.3, 0.4) is 0 Å². The topological polar surface area (TPSA) is 93.1 Å². The zero-order valence-electron chi connectivity index (χ0n) is 14.5. The second-order valence-electron chi connectivity index (χ2n) is 6.38. The summed E-state index contributed by atoms with van der Waals surface area (Å²) >= 11 is 1.38. The Balaban J connectivity index is 1.65. The number of anilines is 1. The summed E-state index contributed by atoms with van der Waals surface area (Å²) in [6.07, 6.45) is 1.67. The van der Waals surface area contributed by atoms with Crippen molar-refractivity contribution in [3.8, 4) is 0 Å². The number of methoxy groups -OCH3 is 1. The van der Waals surface area contributed by atoms with Crippen LogP contribution in [0.4, 0.5) is 5.13 Å². The fourth-order valence-electron chi connectivity index (χ4n) is 2.73. The van der Waals surface area contributed by atoms with Gasteiger partial charge in [0.05, 0.1) is 0 Å². The van der Waals surface area contributed by atoms with E-state index in [0.29, 0.717) is 10.7 Å².